The number of fused-ring (bicyclic) bond motifs is 1. The summed E-state index contributed by atoms with van der Waals surface area (Å²) >= 11 is 0. The van der Waals surface area contributed by atoms with Crippen LogP contribution < -0.4 is 0 Å². The van der Waals surface area contributed by atoms with Crippen molar-refractivity contribution in [2.24, 2.45) is 0 Å². The molecular formula is C9H7NO3. The Hall–Kier alpha value is -1.84. The second-order valence-corrected chi connectivity index (χ2v) is 2.82. The van der Waals surface area contributed by atoms with Crippen LogP contribution in [-0.4, -0.2) is 4.92 Å². The number of nitro groups is 1. The molecule has 0 N–H and O–H groups in total. The molecule has 1 heterocycles. The molecule has 4 heteroatoms. The number of hydrogen-bond acceptors (Lipinski definition) is 3. The van der Waals surface area contributed by atoms with Crippen molar-refractivity contribution in [1.29, 1.82) is 0 Å². The Morgan fingerprint density at radius 1 is 1.38 bits per heavy atom. The fraction of sp³-hybridized carbons (Fsp3) is 0.111. The van der Waals surface area contributed by atoms with Gasteiger partial charge in [0.15, 0.2) is 0 Å². The van der Waals surface area contributed by atoms with Gasteiger partial charge in [-0.3, -0.25) is 10.1 Å². The smallest absolute Gasteiger partial charge is 0.312 e. The molecule has 0 aliphatic heterocycles. The fourth-order valence-corrected chi connectivity index (χ4v) is 1.33. The van der Waals surface area contributed by atoms with E-state index in [9.17, 15) is 10.1 Å². The van der Waals surface area contributed by atoms with Crippen LogP contribution in [0.1, 0.15) is 5.56 Å². The number of furan rings is 1. The van der Waals surface area contributed by atoms with E-state index in [0.29, 0.717) is 5.58 Å². The molecule has 0 fully saturated rings. The molecule has 2 aromatic rings. The summed E-state index contributed by atoms with van der Waals surface area (Å²) in [4.78, 5) is 10.1. The minimum absolute atomic E-state index is 0.0191. The molecular weight excluding hydrogens is 170 g/mol. The van der Waals surface area contributed by atoms with Gasteiger partial charge >= 0.3 is 5.69 Å². The van der Waals surface area contributed by atoms with E-state index in [1.165, 1.54) is 12.3 Å². The molecule has 1 aromatic heterocycles. The van der Waals surface area contributed by atoms with Gasteiger partial charge in [0.05, 0.1) is 11.2 Å². The zero-order valence-corrected chi connectivity index (χ0v) is 6.98. The number of nitro benzene ring substituents is 1. The van der Waals surface area contributed by atoms with Crippen LogP contribution in [0.2, 0.25) is 0 Å². The maximum Gasteiger partial charge on any atom is 0.312 e. The van der Waals surface area contributed by atoms with Crippen molar-refractivity contribution < 1.29 is 9.34 Å². The summed E-state index contributed by atoms with van der Waals surface area (Å²) in [7, 11) is 0. The summed E-state index contributed by atoms with van der Waals surface area (Å²) in [5.74, 6) is 0. The molecule has 0 amide bonds. The monoisotopic (exact) mass is 177 g/mol. The van der Waals surface area contributed by atoms with Gasteiger partial charge < -0.3 is 4.42 Å². The Bertz CT molecular complexity index is 473. The van der Waals surface area contributed by atoms with Gasteiger partial charge in [-0.15, -0.1) is 0 Å². The van der Waals surface area contributed by atoms with Crippen molar-refractivity contribution in [2.75, 3.05) is 0 Å². The summed E-state index contributed by atoms with van der Waals surface area (Å²) in [6.07, 6.45) is 1.46. The van der Waals surface area contributed by atoms with Crippen molar-refractivity contribution in [3.8, 4) is 0 Å². The van der Waals surface area contributed by atoms with Gasteiger partial charge in [0.2, 0.25) is 5.58 Å². The lowest BCUT2D eigenvalue weighted by atomic mass is 10.1. The first-order valence-corrected chi connectivity index (χ1v) is 3.81. The van der Waals surface area contributed by atoms with Gasteiger partial charge in [0.1, 0.15) is 0 Å². The third-order valence-electron chi connectivity index (χ3n) is 2.01. The van der Waals surface area contributed by atoms with Crippen molar-refractivity contribution in [3.05, 3.63) is 40.1 Å². The Kier molecular flexibility index (Phi) is 1.55. The van der Waals surface area contributed by atoms with Crippen molar-refractivity contribution >= 4 is 16.7 Å². The molecule has 0 radical (unpaired) electrons. The Morgan fingerprint density at radius 2 is 2.15 bits per heavy atom. The highest BCUT2D eigenvalue weighted by molar-refractivity contribution is 5.88. The Labute approximate surface area is 73.9 Å². The first kappa shape index (κ1) is 7.79. The summed E-state index contributed by atoms with van der Waals surface area (Å²) < 4.78 is 5.05. The van der Waals surface area contributed by atoms with E-state index in [4.69, 9.17) is 4.42 Å². The topological polar surface area (TPSA) is 56.3 Å². The van der Waals surface area contributed by atoms with Crippen LogP contribution in [0.15, 0.2) is 28.9 Å². The Balaban J connectivity index is 2.86. The number of hydrogen-bond donors (Lipinski definition) is 0. The molecule has 4 nitrogen and oxygen atoms in total. The first-order chi connectivity index (χ1) is 6.20. The van der Waals surface area contributed by atoms with Crippen LogP contribution in [0, 0.1) is 17.0 Å². The summed E-state index contributed by atoms with van der Waals surface area (Å²) in [5.41, 5.74) is 1.35. The largest absolute Gasteiger partial charge is 0.457 e. The first-order valence-electron chi connectivity index (χ1n) is 3.81. The van der Waals surface area contributed by atoms with E-state index in [1.54, 1.807) is 12.1 Å². The van der Waals surface area contributed by atoms with E-state index >= 15 is 0 Å². The number of aryl methyl sites for hydroxylation is 1. The van der Waals surface area contributed by atoms with Crippen LogP contribution in [0.4, 0.5) is 5.69 Å². The van der Waals surface area contributed by atoms with Crippen molar-refractivity contribution in [2.45, 2.75) is 6.92 Å². The lowest BCUT2D eigenvalue weighted by molar-refractivity contribution is -0.383. The van der Waals surface area contributed by atoms with Crippen LogP contribution in [0.3, 0.4) is 0 Å². The third kappa shape index (κ3) is 1.07. The van der Waals surface area contributed by atoms with Gasteiger partial charge in [0, 0.05) is 11.5 Å². The van der Waals surface area contributed by atoms with Crippen LogP contribution in [0.25, 0.3) is 11.0 Å². The summed E-state index contributed by atoms with van der Waals surface area (Å²) in [6.45, 7) is 1.89. The molecule has 0 aliphatic rings. The molecule has 0 saturated carbocycles. The number of non-ortho nitro benzene ring substituents is 1. The van der Waals surface area contributed by atoms with Crippen LogP contribution in [-0.2, 0) is 0 Å². The Morgan fingerprint density at radius 3 is 2.85 bits per heavy atom. The van der Waals surface area contributed by atoms with Crippen molar-refractivity contribution in [3.63, 3.8) is 0 Å². The molecule has 66 valence electrons. The predicted octanol–water partition coefficient (Wildman–Crippen LogP) is 2.65. The van der Waals surface area contributed by atoms with E-state index in [2.05, 4.69) is 0 Å². The third-order valence-corrected chi connectivity index (χ3v) is 2.01. The maximum atomic E-state index is 10.6. The molecule has 2 rings (SSSR count). The maximum absolute atomic E-state index is 10.6. The van der Waals surface area contributed by atoms with Crippen LogP contribution >= 0.6 is 0 Å². The second kappa shape index (κ2) is 2.58. The van der Waals surface area contributed by atoms with E-state index in [0.717, 1.165) is 10.9 Å². The molecule has 0 saturated heterocycles. The van der Waals surface area contributed by atoms with E-state index in [1.807, 2.05) is 6.92 Å². The highest BCUT2D eigenvalue weighted by Gasteiger charge is 2.15. The average Bonchev–Trinajstić information content (AvgIpc) is 2.53. The van der Waals surface area contributed by atoms with Gasteiger partial charge in [-0.2, -0.15) is 0 Å². The molecule has 13 heavy (non-hydrogen) atoms. The fourth-order valence-electron chi connectivity index (χ4n) is 1.33. The van der Waals surface area contributed by atoms with E-state index in [-0.39, 0.29) is 5.69 Å². The lowest BCUT2D eigenvalue weighted by Gasteiger charge is -1.95. The number of benzene rings is 1. The highest BCUT2D eigenvalue weighted by Crippen LogP contribution is 2.28. The molecule has 0 bridgehead atoms. The number of nitrogens with zero attached hydrogens (tertiary/aromatic N) is 1. The summed E-state index contributed by atoms with van der Waals surface area (Å²) in [6, 6.07) is 4.91. The highest BCUT2D eigenvalue weighted by atomic mass is 16.6. The molecule has 0 unspecified atom stereocenters. The predicted molar refractivity (Wildman–Crippen MR) is 47.6 cm³/mol. The molecule has 0 aliphatic carbocycles. The van der Waals surface area contributed by atoms with Gasteiger partial charge in [-0.1, -0.05) is 6.07 Å². The molecule has 0 spiro atoms. The second-order valence-electron chi connectivity index (χ2n) is 2.82. The standard InChI is InChI=1S/C9H7NO3/c1-6-2-3-8(10(11)12)9-7(6)4-5-13-9/h2-5H,1H3. The quantitative estimate of drug-likeness (QED) is 0.497. The minimum Gasteiger partial charge on any atom is -0.457 e. The van der Waals surface area contributed by atoms with Gasteiger partial charge in [0.25, 0.3) is 0 Å². The van der Waals surface area contributed by atoms with E-state index < -0.39 is 4.92 Å². The normalized spacial score (nSPS) is 10.5. The average molecular weight is 177 g/mol. The molecule has 1 aromatic carbocycles. The zero-order chi connectivity index (χ0) is 9.42. The number of rotatable bonds is 1. The minimum atomic E-state index is -0.439. The van der Waals surface area contributed by atoms with Gasteiger partial charge in [-0.05, 0) is 18.6 Å². The molecule has 0 atom stereocenters. The summed E-state index contributed by atoms with van der Waals surface area (Å²) in [5, 5.41) is 11.4. The lowest BCUT2D eigenvalue weighted by Crippen LogP contribution is -1.88. The van der Waals surface area contributed by atoms with Crippen LogP contribution in [0.5, 0.6) is 0 Å². The van der Waals surface area contributed by atoms with Crippen molar-refractivity contribution in [1.82, 2.24) is 0 Å². The van der Waals surface area contributed by atoms with Gasteiger partial charge in [-0.25, -0.2) is 0 Å². The SMILES string of the molecule is Cc1ccc([N+](=O)[O-])c2occc12. The zero-order valence-electron chi connectivity index (χ0n) is 6.98.